The molecule has 9 heteroatoms. The van der Waals surface area contributed by atoms with Crippen LogP contribution in [0.1, 0.15) is 21.0 Å². The Kier molecular flexibility index (Phi) is 5.04. The quantitative estimate of drug-likeness (QED) is 0.864. The molecule has 0 bridgehead atoms. The van der Waals surface area contributed by atoms with Crippen LogP contribution in [0, 0.1) is 6.92 Å². The van der Waals surface area contributed by atoms with E-state index in [1.165, 1.54) is 21.9 Å². The first-order valence-electron chi connectivity index (χ1n) is 7.47. The van der Waals surface area contributed by atoms with Gasteiger partial charge in [0, 0.05) is 18.0 Å². The highest BCUT2D eigenvalue weighted by atomic mass is 32.2. The Morgan fingerprint density at radius 1 is 1.29 bits per heavy atom. The fourth-order valence-electron chi connectivity index (χ4n) is 2.39. The third kappa shape index (κ3) is 3.54. The van der Waals surface area contributed by atoms with Gasteiger partial charge in [-0.1, -0.05) is 0 Å². The highest BCUT2D eigenvalue weighted by molar-refractivity contribution is 7.91. The number of thiophene rings is 1. The summed E-state index contributed by atoms with van der Waals surface area (Å²) in [6, 6.07) is 4.91. The number of hydrogen-bond acceptors (Lipinski definition) is 6. The molecule has 0 unspecified atom stereocenters. The van der Waals surface area contributed by atoms with Crippen molar-refractivity contribution >= 4 is 27.3 Å². The summed E-state index contributed by atoms with van der Waals surface area (Å²) in [6.45, 7) is 3.55. The molecule has 1 amide bonds. The van der Waals surface area contributed by atoms with E-state index < -0.39 is 10.0 Å². The second-order valence-electron chi connectivity index (χ2n) is 5.31. The van der Waals surface area contributed by atoms with Gasteiger partial charge in [0.25, 0.3) is 15.9 Å². The Morgan fingerprint density at radius 3 is 2.71 bits per heavy atom. The molecule has 1 aliphatic heterocycles. The average molecular weight is 370 g/mol. The van der Waals surface area contributed by atoms with Crippen LogP contribution in [0.2, 0.25) is 0 Å². The SMILES string of the molecule is Cc1occc1C(=O)NCc1ccc(S(=O)(=O)N2CCOCC2)s1. The molecule has 3 heterocycles. The van der Waals surface area contributed by atoms with Crippen molar-refractivity contribution in [2.45, 2.75) is 17.7 Å². The Bertz CT molecular complexity index is 819. The summed E-state index contributed by atoms with van der Waals surface area (Å²) in [4.78, 5) is 12.8. The minimum absolute atomic E-state index is 0.243. The molecule has 1 fully saturated rings. The number of carbonyl (C=O) groups excluding carboxylic acids is 1. The first kappa shape index (κ1) is 17.2. The van der Waals surface area contributed by atoms with Crippen LogP contribution in [-0.4, -0.2) is 44.9 Å². The third-order valence-electron chi connectivity index (χ3n) is 3.73. The van der Waals surface area contributed by atoms with E-state index in [4.69, 9.17) is 9.15 Å². The summed E-state index contributed by atoms with van der Waals surface area (Å²) in [5.41, 5.74) is 0.479. The van der Waals surface area contributed by atoms with Crippen LogP contribution < -0.4 is 5.32 Å². The second-order valence-corrected chi connectivity index (χ2v) is 8.64. The van der Waals surface area contributed by atoms with Crippen molar-refractivity contribution in [2.24, 2.45) is 0 Å². The van der Waals surface area contributed by atoms with Crippen LogP contribution in [0.3, 0.4) is 0 Å². The number of nitrogens with one attached hydrogen (secondary N) is 1. The van der Waals surface area contributed by atoms with E-state index in [-0.39, 0.29) is 16.7 Å². The van der Waals surface area contributed by atoms with Crippen molar-refractivity contribution < 1.29 is 22.4 Å². The molecule has 0 atom stereocenters. The summed E-state index contributed by atoms with van der Waals surface area (Å²) in [5, 5.41) is 2.77. The molecule has 1 saturated heterocycles. The van der Waals surface area contributed by atoms with Crippen molar-refractivity contribution in [3.63, 3.8) is 0 Å². The monoisotopic (exact) mass is 370 g/mol. The van der Waals surface area contributed by atoms with Crippen molar-refractivity contribution in [2.75, 3.05) is 26.3 Å². The van der Waals surface area contributed by atoms with Crippen molar-refractivity contribution in [3.05, 3.63) is 40.7 Å². The first-order chi connectivity index (χ1) is 11.5. The Balaban J connectivity index is 1.65. The predicted octanol–water partition coefficient (Wildman–Crippen LogP) is 1.60. The number of furan rings is 1. The number of sulfonamides is 1. The van der Waals surface area contributed by atoms with Crippen LogP contribution in [0.15, 0.2) is 33.1 Å². The summed E-state index contributed by atoms with van der Waals surface area (Å²) >= 11 is 1.17. The molecule has 0 aromatic carbocycles. The van der Waals surface area contributed by atoms with Crippen LogP contribution in [0.5, 0.6) is 0 Å². The van der Waals surface area contributed by atoms with Crippen LogP contribution in [0.4, 0.5) is 0 Å². The maximum absolute atomic E-state index is 12.6. The summed E-state index contributed by atoms with van der Waals surface area (Å²) in [7, 11) is -3.49. The second kappa shape index (κ2) is 7.06. The van der Waals surface area contributed by atoms with Gasteiger partial charge >= 0.3 is 0 Å². The molecule has 1 aliphatic rings. The fraction of sp³-hybridized carbons (Fsp3) is 0.400. The lowest BCUT2D eigenvalue weighted by molar-refractivity contribution is 0.0731. The molecule has 24 heavy (non-hydrogen) atoms. The van der Waals surface area contributed by atoms with Gasteiger partial charge in [-0.05, 0) is 25.1 Å². The van der Waals surface area contributed by atoms with Gasteiger partial charge in [0.15, 0.2) is 0 Å². The van der Waals surface area contributed by atoms with E-state index in [2.05, 4.69) is 5.32 Å². The molecule has 2 aromatic rings. The lowest BCUT2D eigenvalue weighted by Gasteiger charge is -2.25. The van der Waals surface area contributed by atoms with Gasteiger partial charge in [-0.25, -0.2) is 8.42 Å². The summed E-state index contributed by atoms with van der Waals surface area (Å²) in [6.07, 6.45) is 1.46. The fourth-order valence-corrected chi connectivity index (χ4v) is 5.25. The molecule has 2 aromatic heterocycles. The molecule has 7 nitrogen and oxygen atoms in total. The molecule has 1 N–H and O–H groups in total. The van der Waals surface area contributed by atoms with Gasteiger partial charge in [0.05, 0.1) is 31.6 Å². The zero-order valence-corrected chi connectivity index (χ0v) is 14.8. The number of morpholine rings is 1. The standard InChI is InChI=1S/C15H18N2O5S2/c1-11-13(4-7-22-11)15(18)16-10-12-2-3-14(23-12)24(19,20)17-5-8-21-9-6-17/h2-4,7H,5-6,8-10H2,1H3,(H,16,18). The zero-order valence-electron chi connectivity index (χ0n) is 13.1. The van der Waals surface area contributed by atoms with Gasteiger partial charge in [0.2, 0.25) is 0 Å². The Labute approximate surface area is 144 Å². The maximum Gasteiger partial charge on any atom is 0.255 e. The molecule has 0 spiro atoms. The summed E-state index contributed by atoms with van der Waals surface area (Å²) in [5.74, 6) is 0.307. The van der Waals surface area contributed by atoms with Gasteiger partial charge in [0.1, 0.15) is 9.97 Å². The molecular formula is C15H18N2O5S2. The highest BCUT2D eigenvalue weighted by Crippen LogP contribution is 2.25. The molecule has 0 saturated carbocycles. The number of hydrogen-bond donors (Lipinski definition) is 1. The predicted molar refractivity (Wildman–Crippen MR) is 88.5 cm³/mol. The first-order valence-corrected chi connectivity index (χ1v) is 9.73. The molecule has 3 rings (SSSR count). The number of rotatable bonds is 5. The van der Waals surface area contributed by atoms with Crippen LogP contribution in [-0.2, 0) is 21.3 Å². The average Bonchev–Trinajstić information content (AvgIpc) is 3.23. The van der Waals surface area contributed by atoms with E-state index in [9.17, 15) is 13.2 Å². The number of nitrogens with zero attached hydrogens (tertiary/aromatic N) is 1. The minimum Gasteiger partial charge on any atom is -0.469 e. The van der Waals surface area contributed by atoms with E-state index in [1.54, 1.807) is 25.1 Å². The van der Waals surface area contributed by atoms with Crippen LogP contribution >= 0.6 is 11.3 Å². The lowest BCUT2D eigenvalue weighted by Crippen LogP contribution is -2.40. The normalized spacial score (nSPS) is 16.2. The molecule has 130 valence electrons. The zero-order chi connectivity index (χ0) is 17.2. The van der Waals surface area contributed by atoms with Crippen molar-refractivity contribution in [3.8, 4) is 0 Å². The van der Waals surface area contributed by atoms with Gasteiger partial charge in [-0.15, -0.1) is 11.3 Å². The van der Waals surface area contributed by atoms with Crippen LogP contribution in [0.25, 0.3) is 0 Å². The van der Waals surface area contributed by atoms with Crippen molar-refractivity contribution in [1.29, 1.82) is 0 Å². The topological polar surface area (TPSA) is 88.8 Å². The Hall–Kier alpha value is -1.68. The number of amides is 1. The van der Waals surface area contributed by atoms with E-state index in [0.717, 1.165) is 4.88 Å². The maximum atomic E-state index is 12.6. The lowest BCUT2D eigenvalue weighted by atomic mass is 10.2. The minimum atomic E-state index is -3.49. The van der Waals surface area contributed by atoms with E-state index >= 15 is 0 Å². The van der Waals surface area contributed by atoms with Gasteiger partial charge < -0.3 is 14.5 Å². The number of ether oxygens (including phenoxy) is 1. The smallest absolute Gasteiger partial charge is 0.255 e. The highest BCUT2D eigenvalue weighted by Gasteiger charge is 2.27. The molecule has 0 radical (unpaired) electrons. The molecular weight excluding hydrogens is 352 g/mol. The van der Waals surface area contributed by atoms with Crippen molar-refractivity contribution in [1.82, 2.24) is 9.62 Å². The molecule has 0 aliphatic carbocycles. The number of aryl methyl sites for hydroxylation is 1. The van der Waals surface area contributed by atoms with Gasteiger partial charge in [-0.2, -0.15) is 4.31 Å². The summed E-state index contributed by atoms with van der Waals surface area (Å²) < 4.78 is 37.1. The Morgan fingerprint density at radius 2 is 2.04 bits per heavy atom. The van der Waals surface area contributed by atoms with Gasteiger partial charge in [-0.3, -0.25) is 4.79 Å². The third-order valence-corrected chi connectivity index (χ3v) is 7.18. The van der Waals surface area contributed by atoms with E-state index in [0.29, 0.717) is 37.6 Å². The number of carbonyl (C=O) groups is 1. The van der Waals surface area contributed by atoms with E-state index in [1.807, 2.05) is 0 Å². The largest absolute Gasteiger partial charge is 0.469 e.